The molecule has 0 aliphatic heterocycles. The van der Waals surface area contributed by atoms with Crippen molar-refractivity contribution >= 4 is 16.7 Å². The van der Waals surface area contributed by atoms with E-state index in [0.717, 1.165) is 22.5 Å². The Balaban J connectivity index is 2.13. The number of nitrogens with zero attached hydrogens (tertiary/aromatic N) is 2. The van der Waals surface area contributed by atoms with Gasteiger partial charge in [0.15, 0.2) is 0 Å². The maximum absolute atomic E-state index is 4.66. The maximum Gasteiger partial charge on any atom is 0.137 e. The number of rotatable bonds is 3. The minimum atomic E-state index is 0.361. The molecule has 0 radical (unpaired) electrons. The van der Waals surface area contributed by atoms with E-state index in [1.165, 1.54) is 12.8 Å². The van der Waals surface area contributed by atoms with Gasteiger partial charge in [-0.05, 0) is 25.0 Å². The normalized spacial score (nSPS) is 15.5. The van der Waals surface area contributed by atoms with Gasteiger partial charge in [0, 0.05) is 17.3 Å². The fourth-order valence-corrected chi connectivity index (χ4v) is 1.88. The van der Waals surface area contributed by atoms with Crippen LogP contribution < -0.4 is 5.32 Å². The van der Waals surface area contributed by atoms with Gasteiger partial charge >= 0.3 is 0 Å². The first-order valence-electron chi connectivity index (χ1n) is 6.27. The second-order valence-electron chi connectivity index (χ2n) is 5.02. The first-order chi connectivity index (χ1) is 8.24. The van der Waals surface area contributed by atoms with E-state index in [9.17, 15) is 0 Å². The summed E-state index contributed by atoms with van der Waals surface area (Å²) >= 11 is 0. The van der Waals surface area contributed by atoms with Crippen LogP contribution in [0.5, 0.6) is 0 Å². The second-order valence-corrected chi connectivity index (χ2v) is 5.02. The van der Waals surface area contributed by atoms with E-state index in [4.69, 9.17) is 0 Å². The fourth-order valence-electron chi connectivity index (χ4n) is 1.88. The molecule has 1 N–H and O–H groups in total. The molecule has 17 heavy (non-hydrogen) atoms. The third kappa shape index (κ3) is 2.09. The molecule has 88 valence electrons. The second kappa shape index (κ2) is 3.99. The quantitative estimate of drug-likeness (QED) is 0.874. The van der Waals surface area contributed by atoms with Gasteiger partial charge in [-0.3, -0.25) is 0 Å². The molecule has 1 saturated carbocycles. The van der Waals surface area contributed by atoms with Gasteiger partial charge in [-0.25, -0.2) is 9.97 Å². The number of hydrogen-bond donors (Lipinski definition) is 1. The number of aromatic nitrogens is 2. The largest absolute Gasteiger partial charge is 0.367 e. The molecule has 0 saturated heterocycles. The Kier molecular flexibility index (Phi) is 2.46. The van der Waals surface area contributed by atoms with Crippen LogP contribution in [0.1, 0.15) is 38.4 Å². The van der Waals surface area contributed by atoms with Crippen molar-refractivity contribution in [3.05, 3.63) is 30.1 Å². The molecule has 1 aliphatic rings. The number of nitrogens with one attached hydrogen (secondary N) is 1. The Morgan fingerprint density at radius 2 is 1.94 bits per heavy atom. The van der Waals surface area contributed by atoms with Crippen molar-refractivity contribution in [2.45, 2.75) is 38.6 Å². The van der Waals surface area contributed by atoms with Gasteiger partial charge in [-0.1, -0.05) is 26.0 Å². The summed E-state index contributed by atoms with van der Waals surface area (Å²) in [7, 11) is 0. The molecule has 0 atom stereocenters. The van der Waals surface area contributed by atoms with E-state index in [-0.39, 0.29) is 0 Å². The summed E-state index contributed by atoms with van der Waals surface area (Å²) in [5.41, 5.74) is 1.04. The first kappa shape index (κ1) is 10.5. The molecule has 3 nitrogen and oxygen atoms in total. The maximum atomic E-state index is 4.66. The summed E-state index contributed by atoms with van der Waals surface area (Å²) < 4.78 is 0. The van der Waals surface area contributed by atoms with Gasteiger partial charge in [0.2, 0.25) is 0 Å². The van der Waals surface area contributed by atoms with Gasteiger partial charge in [-0.15, -0.1) is 0 Å². The predicted molar refractivity (Wildman–Crippen MR) is 70.3 cm³/mol. The highest BCUT2D eigenvalue weighted by Crippen LogP contribution is 2.28. The lowest BCUT2D eigenvalue weighted by atomic mass is 10.1. The molecule has 1 fully saturated rings. The smallest absolute Gasteiger partial charge is 0.137 e. The minimum Gasteiger partial charge on any atom is -0.367 e. The average Bonchev–Trinajstić information content (AvgIpc) is 3.13. The van der Waals surface area contributed by atoms with Gasteiger partial charge in [0.05, 0.1) is 5.52 Å². The fraction of sp³-hybridized carbons (Fsp3) is 0.429. The van der Waals surface area contributed by atoms with Gasteiger partial charge in [0.1, 0.15) is 11.6 Å². The van der Waals surface area contributed by atoms with Crippen LogP contribution in [-0.4, -0.2) is 16.0 Å². The molecule has 2 aromatic rings. The van der Waals surface area contributed by atoms with E-state index < -0.39 is 0 Å². The van der Waals surface area contributed by atoms with Gasteiger partial charge < -0.3 is 5.32 Å². The third-order valence-electron chi connectivity index (χ3n) is 3.06. The third-order valence-corrected chi connectivity index (χ3v) is 3.06. The lowest BCUT2D eigenvalue weighted by molar-refractivity contribution is 0.783. The lowest BCUT2D eigenvalue weighted by Crippen LogP contribution is -2.07. The molecule has 1 aromatic carbocycles. The van der Waals surface area contributed by atoms with Crippen LogP contribution in [-0.2, 0) is 0 Å². The number of benzene rings is 1. The molecule has 0 bridgehead atoms. The van der Waals surface area contributed by atoms with Crippen LogP contribution in [0.15, 0.2) is 24.3 Å². The molecular weight excluding hydrogens is 210 g/mol. The number of fused-ring (bicyclic) bond motifs is 1. The molecule has 3 heteroatoms. The van der Waals surface area contributed by atoms with Gasteiger partial charge in [-0.2, -0.15) is 0 Å². The van der Waals surface area contributed by atoms with E-state index in [0.29, 0.717) is 12.0 Å². The van der Waals surface area contributed by atoms with E-state index in [1.807, 2.05) is 12.1 Å². The van der Waals surface area contributed by atoms with Crippen LogP contribution in [0.25, 0.3) is 10.9 Å². The van der Waals surface area contributed by atoms with Crippen molar-refractivity contribution in [1.82, 2.24) is 9.97 Å². The molecular formula is C14H17N3. The Morgan fingerprint density at radius 3 is 2.65 bits per heavy atom. The van der Waals surface area contributed by atoms with Gasteiger partial charge in [0.25, 0.3) is 0 Å². The van der Waals surface area contributed by atoms with Crippen LogP contribution in [0.3, 0.4) is 0 Å². The van der Waals surface area contributed by atoms with E-state index >= 15 is 0 Å². The highest BCUT2D eigenvalue weighted by Gasteiger charge is 2.22. The molecule has 0 unspecified atom stereocenters. The van der Waals surface area contributed by atoms with Crippen molar-refractivity contribution in [2.24, 2.45) is 0 Å². The zero-order valence-electron chi connectivity index (χ0n) is 10.3. The predicted octanol–water partition coefficient (Wildman–Crippen LogP) is 3.33. The van der Waals surface area contributed by atoms with Crippen molar-refractivity contribution in [2.75, 3.05) is 5.32 Å². The van der Waals surface area contributed by atoms with E-state index in [1.54, 1.807) is 0 Å². The molecule has 3 rings (SSSR count). The van der Waals surface area contributed by atoms with E-state index in [2.05, 4.69) is 41.3 Å². The SMILES string of the molecule is CC(C)c1nc(NC2CC2)c2ccccc2n1. The van der Waals surface area contributed by atoms with Crippen LogP contribution in [0.4, 0.5) is 5.82 Å². The molecule has 1 heterocycles. The van der Waals surface area contributed by atoms with Crippen LogP contribution in [0, 0.1) is 0 Å². The monoisotopic (exact) mass is 227 g/mol. The summed E-state index contributed by atoms with van der Waals surface area (Å²) in [6, 6.07) is 8.83. The Bertz CT molecular complexity index is 544. The van der Waals surface area contributed by atoms with Crippen LogP contribution in [0.2, 0.25) is 0 Å². The number of para-hydroxylation sites is 1. The lowest BCUT2D eigenvalue weighted by Gasteiger charge is -2.11. The Hall–Kier alpha value is -1.64. The summed E-state index contributed by atoms with van der Waals surface area (Å²) in [4.78, 5) is 9.27. The summed E-state index contributed by atoms with van der Waals surface area (Å²) in [5, 5.41) is 4.63. The number of anilines is 1. The van der Waals surface area contributed by atoms with Crippen LogP contribution >= 0.6 is 0 Å². The zero-order valence-corrected chi connectivity index (χ0v) is 10.3. The van der Waals surface area contributed by atoms with Crippen molar-refractivity contribution in [3.63, 3.8) is 0 Å². The summed E-state index contributed by atoms with van der Waals surface area (Å²) in [6.07, 6.45) is 2.52. The summed E-state index contributed by atoms with van der Waals surface area (Å²) in [5.74, 6) is 2.29. The molecule has 1 aromatic heterocycles. The molecule has 1 aliphatic carbocycles. The highest BCUT2D eigenvalue weighted by molar-refractivity contribution is 5.89. The van der Waals surface area contributed by atoms with Crippen molar-refractivity contribution in [3.8, 4) is 0 Å². The zero-order chi connectivity index (χ0) is 11.8. The highest BCUT2D eigenvalue weighted by atomic mass is 15.1. The Labute approximate surface area is 101 Å². The first-order valence-corrected chi connectivity index (χ1v) is 6.27. The average molecular weight is 227 g/mol. The standard InChI is InChI=1S/C14H17N3/c1-9(2)13-16-12-6-4-3-5-11(12)14(17-13)15-10-7-8-10/h3-6,9-10H,7-8H2,1-2H3,(H,15,16,17). The molecule has 0 spiro atoms. The number of hydrogen-bond acceptors (Lipinski definition) is 3. The summed E-state index contributed by atoms with van der Waals surface area (Å²) in [6.45, 7) is 4.26. The molecule has 0 amide bonds. The Morgan fingerprint density at radius 1 is 1.18 bits per heavy atom. The minimum absolute atomic E-state index is 0.361. The van der Waals surface area contributed by atoms with Crippen molar-refractivity contribution < 1.29 is 0 Å². The topological polar surface area (TPSA) is 37.8 Å². The van der Waals surface area contributed by atoms with Crippen molar-refractivity contribution in [1.29, 1.82) is 0 Å².